The van der Waals surface area contributed by atoms with Crippen molar-refractivity contribution >= 4 is 11.9 Å². The average molecular weight is 599 g/mol. The Morgan fingerprint density at radius 2 is 1.32 bits per heavy atom. The highest BCUT2D eigenvalue weighted by atomic mass is 19.3. The molecule has 0 radical (unpaired) electrons. The molecule has 0 saturated heterocycles. The highest BCUT2D eigenvalue weighted by Gasteiger charge is 2.65. The zero-order valence-electron chi connectivity index (χ0n) is 25.2. The van der Waals surface area contributed by atoms with Gasteiger partial charge in [-0.25, -0.2) is 8.78 Å². The number of phenolic OH excluding ortho intramolecular Hbond substituents is 1. The van der Waals surface area contributed by atoms with Crippen molar-refractivity contribution in [3.05, 3.63) is 28.8 Å². The maximum Gasteiger partial charge on any atom is 0.369 e. The maximum absolute atomic E-state index is 14.5. The van der Waals surface area contributed by atoms with Crippen LogP contribution < -0.4 is 0 Å². The Balaban J connectivity index is 2.95. The van der Waals surface area contributed by atoms with Crippen LogP contribution in [0.3, 0.4) is 0 Å². The van der Waals surface area contributed by atoms with Crippen LogP contribution in [0.4, 0.5) is 26.3 Å². The maximum atomic E-state index is 14.5. The lowest BCUT2D eigenvalue weighted by atomic mass is 9.78. The van der Waals surface area contributed by atoms with E-state index in [4.69, 9.17) is 9.47 Å². The molecule has 0 heterocycles. The van der Waals surface area contributed by atoms with Crippen molar-refractivity contribution in [1.82, 2.24) is 0 Å². The third-order valence-corrected chi connectivity index (χ3v) is 7.09. The number of alkyl halides is 6. The van der Waals surface area contributed by atoms with E-state index in [1.54, 1.807) is 19.1 Å². The predicted molar refractivity (Wildman–Crippen MR) is 144 cm³/mol. The van der Waals surface area contributed by atoms with E-state index >= 15 is 0 Å². The Hall–Kier alpha value is -2.46. The summed E-state index contributed by atoms with van der Waals surface area (Å²) in [4.78, 5) is 24.2. The summed E-state index contributed by atoms with van der Waals surface area (Å²) < 4.78 is 92.0. The van der Waals surface area contributed by atoms with Crippen molar-refractivity contribution in [2.45, 2.75) is 117 Å². The summed E-state index contributed by atoms with van der Waals surface area (Å²) in [7, 11) is 0. The van der Waals surface area contributed by atoms with Crippen LogP contribution in [0.1, 0.15) is 97.8 Å². The average Bonchev–Trinajstić information content (AvgIpc) is 2.84. The van der Waals surface area contributed by atoms with Gasteiger partial charge >= 0.3 is 30.2 Å². The number of carbonyl (C=O) groups is 2. The van der Waals surface area contributed by atoms with E-state index in [0.717, 1.165) is 5.56 Å². The molecule has 1 aromatic carbocycles. The molecule has 0 aliphatic rings. The number of ether oxygens (including phenoxy) is 2. The predicted octanol–water partition coefficient (Wildman–Crippen LogP) is 7.98. The van der Waals surface area contributed by atoms with Gasteiger partial charge in [0.15, 0.2) is 0 Å². The first kappa shape index (κ1) is 36.6. The lowest BCUT2D eigenvalue weighted by Gasteiger charge is -2.32. The molecular formula is C30H44F6O5. The minimum absolute atomic E-state index is 0.165. The summed E-state index contributed by atoms with van der Waals surface area (Å²) in [5.74, 6) is -15.0. The zero-order valence-corrected chi connectivity index (χ0v) is 25.2. The van der Waals surface area contributed by atoms with Gasteiger partial charge in [-0.3, -0.25) is 9.59 Å². The molecule has 0 aromatic heterocycles. The van der Waals surface area contributed by atoms with Gasteiger partial charge in [-0.1, -0.05) is 67.5 Å². The van der Waals surface area contributed by atoms with Crippen LogP contribution in [-0.2, 0) is 36.3 Å². The summed E-state index contributed by atoms with van der Waals surface area (Å²) in [6, 6.07) is 3.56. The Morgan fingerprint density at radius 1 is 0.854 bits per heavy atom. The monoisotopic (exact) mass is 598 g/mol. The number of aryl methyl sites for hydroxylation is 1. The minimum Gasteiger partial charge on any atom is -0.507 e. The van der Waals surface area contributed by atoms with E-state index < -0.39 is 78.9 Å². The number of carbonyl (C=O) groups excluding carboxylic acids is 2. The molecule has 2 atom stereocenters. The fourth-order valence-corrected chi connectivity index (χ4v) is 4.15. The fraction of sp³-hybridized carbons (Fsp3) is 0.733. The van der Waals surface area contributed by atoms with Crippen molar-refractivity contribution in [1.29, 1.82) is 0 Å². The topological polar surface area (TPSA) is 72.8 Å². The summed E-state index contributed by atoms with van der Waals surface area (Å²) in [5.41, 5.74) is 1.31. The molecule has 0 bridgehead atoms. The van der Waals surface area contributed by atoms with E-state index in [1.807, 2.05) is 41.5 Å². The number of esters is 2. The van der Waals surface area contributed by atoms with Crippen molar-refractivity contribution in [2.75, 3.05) is 13.2 Å². The van der Waals surface area contributed by atoms with Crippen molar-refractivity contribution in [2.24, 2.45) is 11.8 Å². The Kier molecular flexibility index (Phi) is 12.6. The molecule has 2 unspecified atom stereocenters. The number of hydrogen-bond acceptors (Lipinski definition) is 5. The Bertz CT molecular complexity index is 992. The van der Waals surface area contributed by atoms with E-state index in [-0.39, 0.29) is 18.6 Å². The highest BCUT2D eigenvalue weighted by molar-refractivity contribution is 5.71. The molecular weight excluding hydrogens is 554 g/mol. The summed E-state index contributed by atoms with van der Waals surface area (Å²) in [5, 5.41) is 10.8. The second-order valence-electron chi connectivity index (χ2n) is 12.6. The third kappa shape index (κ3) is 9.81. The van der Waals surface area contributed by atoms with Gasteiger partial charge < -0.3 is 14.6 Å². The van der Waals surface area contributed by atoms with Crippen molar-refractivity contribution in [3.63, 3.8) is 0 Å². The van der Waals surface area contributed by atoms with Crippen molar-refractivity contribution < 1.29 is 50.5 Å². The minimum atomic E-state index is -5.63. The first-order valence-electron chi connectivity index (χ1n) is 13.8. The summed E-state index contributed by atoms with van der Waals surface area (Å²) >= 11 is 0. The molecule has 1 rings (SSSR count). The number of aromatic hydroxyl groups is 1. The molecule has 0 spiro atoms. The smallest absolute Gasteiger partial charge is 0.369 e. The molecule has 0 amide bonds. The van der Waals surface area contributed by atoms with Gasteiger partial charge in [-0.2, -0.15) is 17.6 Å². The number of hydrogen-bond donors (Lipinski definition) is 1. The van der Waals surface area contributed by atoms with Crippen LogP contribution in [-0.4, -0.2) is 48.5 Å². The number of rotatable bonds is 14. The van der Waals surface area contributed by atoms with Crippen molar-refractivity contribution in [3.8, 4) is 5.75 Å². The molecule has 11 heteroatoms. The highest BCUT2D eigenvalue weighted by Crippen LogP contribution is 2.46. The molecule has 1 N–H and O–H groups in total. The van der Waals surface area contributed by atoms with E-state index in [1.165, 1.54) is 6.92 Å². The number of phenols is 1. The van der Waals surface area contributed by atoms with E-state index in [9.17, 15) is 41.0 Å². The van der Waals surface area contributed by atoms with E-state index in [2.05, 4.69) is 0 Å². The Morgan fingerprint density at radius 3 is 1.73 bits per heavy atom. The lowest BCUT2D eigenvalue weighted by molar-refractivity contribution is -0.286. The van der Waals surface area contributed by atoms with Crippen LogP contribution in [0.5, 0.6) is 5.75 Å². The van der Waals surface area contributed by atoms with Crippen LogP contribution in [0.25, 0.3) is 0 Å². The molecule has 236 valence electrons. The van der Waals surface area contributed by atoms with E-state index in [0.29, 0.717) is 17.5 Å². The molecule has 0 saturated carbocycles. The van der Waals surface area contributed by atoms with Crippen LogP contribution in [0.15, 0.2) is 12.1 Å². The molecule has 0 aliphatic heterocycles. The largest absolute Gasteiger partial charge is 0.507 e. The lowest BCUT2D eigenvalue weighted by Crippen LogP contribution is -2.51. The first-order chi connectivity index (χ1) is 18.6. The molecule has 1 aromatic rings. The van der Waals surface area contributed by atoms with Gasteiger partial charge in [0.2, 0.25) is 0 Å². The summed E-state index contributed by atoms with van der Waals surface area (Å²) in [6.45, 7) is 13.4. The van der Waals surface area contributed by atoms with Crippen LogP contribution >= 0.6 is 0 Å². The zero-order chi connectivity index (χ0) is 32.0. The van der Waals surface area contributed by atoms with Gasteiger partial charge in [-0.05, 0) is 53.2 Å². The van der Waals surface area contributed by atoms with Gasteiger partial charge in [-0.15, -0.1) is 0 Å². The SMILES string of the molecule is CCC(C)C(=O)OCCC(CCOC(=O)CCc1cc(C(C)(C)C)c(O)c(C(C)(C)C)c1)C(F)(F)C(F)(F)C(F)F. The molecule has 0 aliphatic carbocycles. The van der Waals surface area contributed by atoms with Gasteiger partial charge in [0.05, 0.1) is 19.1 Å². The standard InChI is InChI=1S/C30H44F6O5/c1-9-18(2)25(39)41-15-13-20(29(33,34)30(35,36)26(31)32)12-14-40-23(37)11-10-19-16-21(27(3,4)5)24(38)22(17-19)28(6,7)8/h16-18,20,26,38H,9-15H2,1-8H3. The third-order valence-electron chi connectivity index (χ3n) is 7.09. The quantitative estimate of drug-likeness (QED) is 0.174. The molecule has 5 nitrogen and oxygen atoms in total. The van der Waals surface area contributed by atoms with Gasteiger partial charge in [0.25, 0.3) is 0 Å². The fourth-order valence-electron chi connectivity index (χ4n) is 4.15. The van der Waals surface area contributed by atoms with Gasteiger partial charge in [0, 0.05) is 12.3 Å². The number of benzene rings is 1. The van der Waals surface area contributed by atoms with Crippen LogP contribution in [0.2, 0.25) is 0 Å². The molecule has 41 heavy (non-hydrogen) atoms. The normalized spacial score (nSPS) is 14.6. The second kappa shape index (κ2) is 14.1. The molecule has 0 fully saturated rings. The second-order valence-corrected chi connectivity index (χ2v) is 12.6. The van der Waals surface area contributed by atoms with Gasteiger partial charge in [0.1, 0.15) is 5.75 Å². The summed E-state index contributed by atoms with van der Waals surface area (Å²) in [6.07, 6.45) is -5.86. The number of halogens is 6. The Labute approximate surface area is 239 Å². The first-order valence-corrected chi connectivity index (χ1v) is 13.8. The van der Waals surface area contributed by atoms with Crippen LogP contribution in [0, 0.1) is 11.8 Å².